The molecule has 0 saturated carbocycles. The lowest BCUT2D eigenvalue weighted by Gasteiger charge is -2.01. The van der Waals surface area contributed by atoms with E-state index in [9.17, 15) is 9.59 Å². The molecule has 0 amide bonds. The molecule has 0 spiro atoms. The van der Waals surface area contributed by atoms with Crippen LogP contribution in [0.4, 0.5) is 0 Å². The van der Waals surface area contributed by atoms with Gasteiger partial charge in [-0.3, -0.25) is 0 Å². The molecule has 0 aliphatic carbocycles. The van der Waals surface area contributed by atoms with Crippen LogP contribution in [0.15, 0.2) is 60.7 Å². The summed E-state index contributed by atoms with van der Waals surface area (Å²) in [5.41, 5.74) is 0.662. The Kier molecular flexibility index (Phi) is 14.9. The van der Waals surface area contributed by atoms with Crippen LogP contribution in [0.25, 0.3) is 0 Å². The highest BCUT2D eigenvalue weighted by Crippen LogP contribution is 2.05. The molecule has 0 fully saturated rings. The van der Waals surface area contributed by atoms with Crippen molar-refractivity contribution < 1.29 is 30.0 Å². The summed E-state index contributed by atoms with van der Waals surface area (Å²) in [6, 6.07) is 16.6. The number of aromatic carboxylic acids is 2. The van der Waals surface area contributed by atoms with Crippen molar-refractivity contribution in [2.24, 2.45) is 0 Å². The Bertz CT molecular complexity index is 591. The first-order valence-corrected chi connectivity index (χ1v) is 9.31. The van der Waals surface area contributed by atoms with Gasteiger partial charge in [0.2, 0.25) is 0 Å². The molecule has 0 aliphatic heterocycles. The molecule has 2 aromatic carbocycles. The lowest BCUT2D eigenvalue weighted by Crippen LogP contribution is -2.02. The predicted molar refractivity (Wildman–Crippen MR) is 108 cm³/mol. The summed E-state index contributed by atoms with van der Waals surface area (Å²) in [5, 5.41) is 33.7. The molecule has 2 rings (SSSR count). The van der Waals surface area contributed by atoms with Crippen LogP contribution in [0.1, 0.15) is 66.2 Å². The Labute approximate surface area is 166 Å². The molecule has 0 aliphatic rings. The summed E-state index contributed by atoms with van der Waals surface area (Å²) >= 11 is 0. The van der Waals surface area contributed by atoms with Crippen molar-refractivity contribution in [1.29, 1.82) is 0 Å². The van der Waals surface area contributed by atoms with E-state index in [0.29, 0.717) is 17.5 Å². The summed E-state index contributed by atoms with van der Waals surface area (Å²) in [5.74, 6) is -1.76. The van der Waals surface area contributed by atoms with Crippen molar-refractivity contribution in [3.05, 3.63) is 71.8 Å². The first kappa shape index (κ1) is 25.3. The fraction of sp³-hybridized carbons (Fsp3) is 0.364. The molecule has 0 radical (unpaired) electrons. The lowest BCUT2D eigenvalue weighted by atomic mass is 10.1. The monoisotopic (exact) mass is 390 g/mol. The summed E-state index contributed by atoms with van der Waals surface area (Å²) in [6.07, 6.45) is 5.24. The van der Waals surface area contributed by atoms with Crippen molar-refractivity contribution >= 4 is 11.9 Å². The Hall–Kier alpha value is -2.70. The largest absolute Gasteiger partial charge is 0.478 e. The van der Waals surface area contributed by atoms with Crippen LogP contribution in [-0.4, -0.2) is 38.7 Å². The average Bonchev–Trinajstić information content (AvgIpc) is 2.70. The molecule has 0 heterocycles. The van der Waals surface area contributed by atoms with Crippen molar-refractivity contribution in [1.82, 2.24) is 0 Å². The number of carboxylic acids is 2. The second-order valence-electron chi connectivity index (χ2n) is 6.03. The summed E-state index contributed by atoms with van der Waals surface area (Å²) in [4.78, 5) is 20.4. The van der Waals surface area contributed by atoms with E-state index >= 15 is 0 Å². The highest BCUT2D eigenvalue weighted by Gasteiger charge is 1.97. The van der Waals surface area contributed by atoms with Gasteiger partial charge in [0.05, 0.1) is 11.1 Å². The molecule has 0 atom stereocenters. The van der Waals surface area contributed by atoms with E-state index in [1.165, 1.54) is 19.3 Å². The Morgan fingerprint density at radius 2 is 1.11 bits per heavy atom. The van der Waals surface area contributed by atoms with E-state index in [-0.39, 0.29) is 0 Å². The molecule has 4 N–H and O–H groups in total. The first-order chi connectivity index (χ1) is 13.4. The van der Waals surface area contributed by atoms with E-state index in [1.807, 2.05) is 0 Å². The Morgan fingerprint density at radius 3 is 1.39 bits per heavy atom. The van der Waals surface area contributed by atoms with Gasteiger partial charge in [-0.25, -0.2) is 9.59 Å². The highest BCUT2D eigenvalue weighted by molar-refractivity contribution is 5.87. The lowest BCUT2D eigenvalue weighted by molar-refractivity contribution is -0.0466. The van der Waals surface area contributed by atoms with E-state index in [1.54, 1.807) is 60.7 Å². The number of benzene rings is 2. The molecule has 0 saturated heterocycles. The Balaban J connectivity index is 0.000000391. The SMILES string of the molecule is CCCCCCCC(O)O.O=C(O)c1ccccc1.O=C(O)c1ccccc1. The molecular weight excluding hydrogens is 360 g/mol. The standard InChI is InChI=1S/C8H18O2.2C7H6O2/c1-2-3-4-5-6-7-8(9)10;2*8-7(9)6-4-2-1-3-5-6/h8-10H,2-7H2,1H3;2*1-5H,(H,8,9). The third-order valence-electron chi connectivity index (χ3n) is 3.61. The topological polar surface area (TPSA) is 115 Å². The maximum absolute atomic E-state index is 10.2. The molecule has 0 aromatic heterocycles. The zero-order valence-electron chi connectivity index (χ0n) is 16.2. The van der Waals surface area contributed by atoms with Gasteiger partial charge in [-0.05, 0) is 37.1 Å². The van der Waals surface area contributed by atoms with Gasteiger partial charge in [0.1, 0.15) is 0 Å². The minimum atomic E-state index is -1.10. The van der Waals surface area contributed by atoms with Gasteiger partial charge < -0.3 is 20.4 Å². The molecule has 2 aromatic rings. The number of carbonyl (C=O) groups is 2. The first-order valence-electron chi connectivity index (χ1n) is 9.31. The fourth-order valence-electron chi connectivity index (χ4n) is 2.09. The van der Waals surface area contributed by atoms with Crippen molar-refractivity contribution in [2.75, 3.05) is 0 Å². The molecule has 154 valence electrons. The molecular formula is C22H30O6. The van der Waals surface area contributed by atoms with E-state index < -0.39 is 18.2 Å². The molecule has 0 unspecified atom stereocenters. The number of carboxylic acid groups (broad SMARTS) is 2. The maximum atomic E-state index is 10.2. The minimum absolute atomic E-state index is 0.331. The van der Waals surface area contributed by atoms with Gasteiger partial charge >= 0.3 is 11.9 Å². The zero-order valence-corrected chi connectivity index (χ0v) is 16.2. The van der Waals surface area contributed by atoms with Gasteiger partial charge in [0, 0.05) is 0 Å². The predicted octanol–water partition coefficient (Wildman–Crippen LogP) is 4.43. The number of rotatable bonds is 8. The molecule has 6 heteroatoms. The van der Waals surface area contributed by atoms with Crippen molar-refractivity contribution in [2.45, 2.75) is 51.7 Å². The molecule has 6 nitrogen and oxygen atoms in total. The van der Waals surface area contributed by atoms with Gasteiger partial charge in [-0.1, -0.05) is 69.0 Å². The van der Waals surface area contributed by atoms with Crippen LogP contribution < -0.4 is 0 Å². The smallest absolute Gasteiger partial charge is 0.335 e. The number of aliphatic hydroxyl groups excluding tert-OH is 1. The number of unbranched alkanes of at least 4 members (excludes halogenated alkanes) is 4. The van der Waals surface area contributed by atoms with E-state index in [0.717, 1.165) is 12.8 Å². The summed E-state index contributed by atoms with van der Waals surface area (Å²) in [6.45, 7) is 2.17. The van der Waals surface area contributed by atoms with Gasteiger partial charge in [0.25, 0.3) is 0 Å². The molecule has 28 heavy (non-hydrogen) atoms. The van der Waals surface area contributed by atoms with Crippen LogP contribution in [0.5, 0.6) is 0 Å². The second kappa shape index (κ2) is 16.5. The van der Waals surface area contributed by atoms with E-state index in [4.69, 9.17) is 20.4 Å². The average molecular weight is 390 g/mol. The van der Waals surface area contributed by atoms with Crippen molar-refractivity contribution in [3.63, 3.8) is 0 Å². The van der Waals surface area contributed by atoms with Gasteiger partial charge in [-0.15, -0.1) is 0 Å². The third-order valence-corrected chi connectivity index (χ3v) is 3.61. The molecule has 0 bridgehead atoms. The normalized spacial score (nSPS) is 9.57. The van der Waals surface area contributed by atoms with Crippen LogP contribution in [0.3, 0.4) is 0 Å². The highest BCUT2D eigenvalue weighted by atomic mass is 16.5. The van der Waals surface area contributed by atoms with Crippen LogP contribution in [-0.2, 0) is 0 Å². The second-order valence-corrected chi connectivity index (χ2v) is 6.03. The fourth-order valence-corrected chi connectivity index (χ4v) is 2.09. The van der Waals surface area contributed by atoms with Gasteiger partial charge in [0.15, 0.2) is 6.29 Å². The van der Waals surface area contributed by atoms with Crippen LogP contribution in [0.2, 0.25) is 0 Å². The number of aliphatic hydroxyl groups is 2. The quantitative estimate of drug-likeness (QED) is 0.392. The van der Waals surface area contributed by atoms with Crippen LogP contribution in [0, 0.1) is 0 Å². The summed E-state index contributed by atoms with van der Waals surface area (Å²) in [7, 11) is 0. The summed E-state index contributed by atoms with van der Waals surface area (Å²) < 4.78 is 0. The number of hydrogen-bond donors (Lipinski definition) is 4. The Morgan fingerprint density at radius 1 is 0.714 bits per heavy atom. The zero-order chi connectivity index (χ0) is 21.2. The van der Waals surface area contributed by atoms with Crippen LogP contribution >= 0.6 is 0 Å². The maximum Gasteiger partial charge on any atom is 0.335 e. The third kappa shape index (κ3) is 14.5. The van der Waals surface area contributed by atoms with E-state index in [2.05, 4.69) is 6.92 Å². The van der Waals surface area contributed by atoms with Crippen molar-refractivity contribution in [3.8, 4) is 0 Å². The number of hydrogen-bond acceptors (Lipinski definition) is 4. The van der Waals surface area contributed by atoms with Gasteiger partial charge in [-0.2, -0.15) is 0 Å². The minimum Gasteiger partial charge on any atom is -0.478 e.